The monoisotopic (exact) mass is 241 g/mol. The van der Waals surface area contributed by atoms with Crippen molar-refractivity contribution in [3.05, 3.63) is 29.0 Å². The Morgan fingerprint density at radius 3 is 2.88 bits per heavy atom. The molecule has 1 saturated heterocycles. The van der Waals surface area contributed by atoms with Gasteiger partial charge in [0.05, 0.1) is 5.02 Å². The van der Waals surface area contributed by atoms with Gasteiger partial charge in [0.25, 0.3) is 0 Å². The Bertz CT molecular complexity index is 421. The van der Waals surface area contributed by atoms with Gasteiger partial charge in [-0.2, -0.15) is 0 Å². The highest BCUT2D eigenvalue weighted by Gasteiger charge is 2.23. The molecule has 0 aliphatic carbocycles. The predicted octanol–water partition coefficient (Wildman–Crippen LogP) is 2.89. The standard InChI is InChI=1S/C12H13ClFNO/c1-8-7-15(5-4-12(8)16)9-2-3-11(14)10(13)6-9/h2-3,6,8H,4-5,7H2,1H3. The first kappa shape index (κ1) is 11.4. The highest BCUT2D eigenvalue weighted by atomic mass is 35.5. The maximum absolute atomic E-state index is 13.0. The van der Waals surface area contributed by atoms with Crippen LogP contribution in [0, 0.1) is 11.7 Å². The van der Waals surface area contributed by atoms with Gasteiger partial charge in [0.15, 0.2) is 0 Å². The molecule has 1 fully saturated rings. The van der Waals surface area contributed by atoms with Gasteiger partial charge in [-0.1, -0.05) is 18.5 Å². The van der Waals surface area contributed by atoms with Crippen LogP contribution < -0.4 is 4.90 Å². The van der Waals surface area contributed by atoms with Gasteiger partial charge in [0.2, 0.25) is 0 Å². The van der Waals surface area contributed by atoms with Crippen LogP contribution in [0.15, 0.2) is 18.2 Å². The van der Waals surface area contributed by atoms with Crippen LogP contribution in [0.4, 0.5) is 10.1 Å². The number of ketones is 1. The molecule has 0 bridgehead atoms. The van der Waals surface area contributed by atoms with Crippen molar-refractivity contribution in [2.24, 2.45) is 5.92 Å². The maximum Gasteiger partial charge on any atom is 0.141 e. The lowest BCUT2D eigenvalue weighted by atomic mass is 9.98. The fourth-order valence-electron chi connectivity index (χ4n) is 1.93. The van der Waals surface area contributed by atoms with Gasteiger partial charge >= 0.3 is 0 Å². The van der Waals surface area contributed by atoms with Crippen LogP contribution >= 0.6 is 11.6 Å². The molecule has 4 heteroatoms. The zero-order valence-corrected chi connectivity index (χ0v) is 9.80. The first-order valence-electron chi connectivity index (χ1n) is 5.30. The summed E-state index contributed by atoms with van der Waals surface area (Å²) in [6.45, 7) is 3.28. The summed E-state index contributed by atoms with van der Waals surface area (Å²) >= 11 is 5.73. The Morgan fingerprint density at radius 2 is 2.25 bits per heavy atom. The number of anilines is 1. The molecular weight excluding hydrogens is 229 g/mol. The molecule has 1 atom stereocenters. The highest BCUT2D eigenvalue weighted by Crippen LogP contribution is 2.25. The average molecular weight is 242 g/mol. The van der Waals surface area contributed by atoms with E-state index in [2.05, 4.69) is 4.90 Å². The lowest BCUT2D eigenvalue weighted by Gasteiger charge is -2.32. The van der Waals surface area contributed by atoms with Crippen LogP contribution in [0.3, 0.4) is 0 Å². The van der Waals surface area contributed by atoms with E-state index in [0.717, 1.165) is 5.69 Å². The van der Waals surface area contributed by atoms with Crippen LogP contribution in [-0.2, 0) is 4.79 Å². The molecule has 1 heterocycles. The Labute approximate surface area is 99.0 Å². The number of benzene rings is 1. The van der Waals surface area contributed by atoms with E-state index in [1.165, 1.54) is 6.07 Å². The number of piperidine rings is 1. The first-order chi connectivity index (χ1) is 7.58. The minimum atomic E-state index is -0.411. The summed E-state index contributed by atoms with van der Waals surface area (Å²) in [5.41, 5.74) is 0.880. The number of carbonyl (C=O) groups is 1. The molecule has 0 radical (unpaired) electrons. The number of hydrogen-bond acceptors (Lipinski definition) is 2. The minimum Gasteiger partial charge on any atom is -0.370 e. The summed E-state index contributed by atoms with van der Waals surface area (Å²) in [6.07, 6.45) is 0.552. The van der Waals surface area contributed by atoms with Gasteiger partial charge in [0, 0.05) is 31.1 Å². The fourth-order valence-corrected chi connectivity index (χ4v) is 2.11. The largest absolute Gasteiger partial charge is 0.370 e. The topological polar surface area (TPSA) is 20.3 Å². The third-order valence-electron chi connectivity index (χ3n) is 2.94. The summed E-state index contributed by atoms with van der Waals surface area (Å²) in [7, 11) is 0. The molecule has 0 aromatic heterocycles. The Morgan fingerprint density at radius 1 is 1.50 bits per heavy atom. The van der Waals surface area contributed by atoms with Gasteiger partial charge in [-0.15, -0.1) is 0 Å². The lowest BCUT2D eigenvalue weighted by molar-refractivity contribution is -0.122. The van der Waals surface area contributed by atoms with Crippen molar-refractivity contribution in [2.45, 2.75) is 13.3 Å². The molecule has 1 aromatic carbocycles. The van der Waals surface area contributed by atoms with E-state index in [1.807, 2.05) is 6.92 Å². The van der Waals surface area contributed by atoms with Gasteiger partial charge < -0.3 is 4.90 Å². The number of rotatable bonds is 1. The van der Waals surface area contributed by atoms with Crippen molar-refractivity contribution in [3.8, 4) is 0 Å². The van der Waals surface area contributed by atoms with Crippen molar-refractivity contribution in [3.63, 3.8) is 0 Å². The zero-order valence-electron chi connectivity index (χ0n) is 9.04. The summed E-state index contributed by atoms with van der Waals surface area (Å²) in [6, 6.07) is 4.67. The number of halogens is 2. The smallest absolute Gasteiger partial charge is 0.141 e. The fraction of sp³-hybridized carbons (Fsp3) is 0.417. The number of nitrogens with zero attached hydrogens (tertiary/aromatic N) is 1. The average Bonchev–Trinajstić information content (AvgIpc) is 2.26. The summed E-state index contributed by atoms with van der Waals surface area (Å²) < 4.78 is 13.0. The van der Waals surface area contributed by atoms with Gasteiger partial charge in [0.1, 0.15) is 11.6 Å². The van der Waals surface area contributed by atoms with E-state index in [4.69, 9.17) is 11.6 Å². The number of carbonyl (C=O) groups excluding carboxylic acids is 1. The molecule has 2 nitrogen and oxygen atoms in total. The molecule has 0 amide bonds. The van der Waals surface area contributed by atoms with E-state index >= 15 is 0 Å². The molecular formula is C12H13ClFNO. The molecule has 0 N–H and O–H groups in total. The van der Waals surface area contributed by atoms with Crippen molar-refractivity contribution >= 4 is 23.1 Å². The number of hydrogen-bond donors (Lipinski definition) is 0. The quantitative estimate of drug-likeness (QED) is 0.754. The predicted molar refractivity (Wildman–Crippen MR) is 62.4 cm³/mol. The third kappa shape index (κ3) is 2.19. The minimum absolute atomic E-state index is 0.0394. The van der Waals surface area contributed by atoms with Gasteiger partial charge in [-0.05, 0) is 18.2 Å². The molecule has 16 heavy (non-hydrogen) atoms. The van der Waals surface area contributed by atoms with Crippen molar-refractivity contribution in [1.29, 1.82) is 0 Å². The molecule has 1 aliphatic heterocycles. The van der Waals surface area contributed by atoms with E-state index in [-0.39, 0.29) is 10.9 Å². The number of Topliss-reactive ketones (excluding diaryl/α,β-unsaturated/α-hetero) is 1. The van der Waals surface area contributed by atoms with E-state index in [9.17, 15) is 9.18 Å². The van der Waals surface area contributed by atoms with Crippen molar-refractivity contribution < 1.29 is 9.18 Å². The normalized spacial score (nSPS) is 21.3. The molecule has 86 valence electrons. The lowest BCUT2D eigenvalue weighted by Crippen LogP contribution is -2.39. The van der Waals surface area contributed by atoms with Gasteiger partial charge in [-0.25, -0.2) is 4.39 Å². The second-order valence-corrected chi connectivity index (χ2v) is 4.57. The van der Waals surface area contributed by atoms with Crippen molar-refractivity contribution in [2.75, 3.05) is 18.0 Å². The summed E-state index contributed by atoms with van der Waals surface area (Å²) in [4.78, 5) is 13.4. The van der Waals surface area contributed by atoms with Crippen LogP contribution in [0.1, 0.15) is 13.3 Å². The van der Waals surface area contributed by atoms with Crippen LogP contribution in [0.2, 0.25) is 5.02 Å². The molecule has 2 rings (SSSR count). The van der Waals surface area contributed by atoms with Crippen LogP contribution in [0.25, 0.3) is 0 Å². The first-order valence-corrected chi connectivity index (χ1v) is 5.68. The molecule has 1 aromatic rings. The van der Waals surface area contributed by atoms with Crippen molar-refractivity contribution in [1.82, 2.24) is 0 Å². The van der Waals surface area contributed by atoms with E-state index < -0.39 is 5.82 Å². The zero-order chi connectivity index (χ0) is 11.7. The second kappa shape index (κ2) is 4.42. The Hall–Kier alpha value is -1.09. The third-order valence-corrected chi connectivity index (χ3v) is 3.23. The molecule has 1 unspecified atom stereocenters. The second-order valence-electron chi connectivity index (χ2n) is 4.16. The van der Waals surface area contributed by atoms with Gasteiger partial charge in [-0.3, -0.25) is 4.79 Å². The van der Waals surface area contributed by atoms with Crippen LogP contribution in [-0.4, -0.2) is 18.9 Å². The Kier molecular flexibility index (Phi) is 3.15. The SMILES string of the molecule is CC1CN(c2ccc(F)c(Cl)c2)CCC1=O. The maximum atomic E-state index is 13.0. The molecule has 0 saturated carbocycles. The van der Waals surface area contributed by atoms with Crippen LogP contribution in [0.5, 0.6) is 0 Å². The molecule has 1 aliphatic rings. The summed E-state index contributed by atoms with van der Waals surface area (Å²) in [5, 5.41) is 0.127. The van der Waals surface area contributed by atoms with E-state index in [1.54, 1.807) is 12.1 Å². The summed E-state index contributed by atoms with van der Waals surface area (Å²) in [5.74, 6) is -0.0754. The Balaban J connectivity index is 2.18. The molecule has 0 spiro atoms. The highest BCUT2D eigenvalue weighted by molar-refractivity contribution is 6.31. The van der Waals surface area contributed by atoms with E-state index in [0.29, 0.717) is 25.3 Å².